The largest absolute Gasteiger partial charge is 0.481 e. The van der Waals surface area contributed by atoms with Gasteiger partial charge in [-0.3, -0.25) is 9.59 Å². The molecule has 0 bridgehead atoms. The van der Waals surface area contributed by atoms with E-state index in [4.69, 9.17) is 5.11 Å². The average molecular weight is 252 g/mol. The van der Waals surface area contributed by atoms with Crippen LogP contribution in [-0.4, -0.2) is 28.1 Å². The summed E-state index contributed by atoms with van der Waals surface area (Å²) in [6.45, 7) is 4.54. The molecule has 2 N–H and O–H groups in total. The summed E-state index contributed by atoms with van der Waals surface area (Å²) < 4.78 is 1.91. The Morgan fingerprint density at radius 3 is 2.72 bits per heavy atom. The van der Waals surface area contributed by atoms with Crippen LogP contribution < -0.4 is 5.32 Å². The zero-order chi connectivity index (χ0) is 13.5. The molecule has 1 heterocycles. The summed E-state index contributed by atoms with van der Waals surface area (Å²) in [4.78, 5) is 22.2. The monoisotopic (exact) mass is 252 g/mol. The standard InChI is InChI=1S/C13H20N2O3/c1-10(2)15-9-5-6-11(15)13(18)14-8-4-3-7-12(16)17/h5-6,9-10H,3-4,7-8H2,1-2H3,(H,14,18)(H,16,17). The first kappa shape index (κ1) is 14.3. The Morgan fingerprint density at radius 2 is 2.11 bits per heavy atom. The van der Waals surface area contributed by atoms with Crippen LogP contribution in [0.1, 0.15) is 49.6 Å². The lowest BCUT2D eigenvalue weighted by molar-refractivity contribution is -0.137. The van der Waals surface area contributed by atoms with Crippen molar-refractivity contribution >= 4 is 11.9 Å². The van der Waals surface area contributed by atoms with Crippen LogP contribution in [0.15, 0.2) is 18.3 Å². The molecule has 100 valence electrons. The van der Waals surface area contributed by atoms with E-state index in [1.54, 1.807) is 6.07 Å². The van der Waals surface area contributed by atoms with Crippen LogP contribution in [0.2, 0.25) is 0 Å². The van der Waals surface area contributed by atoms with Gasteiger partial charge in [-0.05, 0) is 38.8 Å². The summed E-state index contributed by atoms with van der Waals surface area (Å²) in [6, 6.07) is 3.87. The van der Waals surface area contributed by atoms with Crippen molar-refractivity contribution < 1.29 is 14.7 Å². The second-order valence-corrected chi connectivity index (χ2v) is 4.50. The molecular weight excluding hydrogens is 232 g/mol. The van der Waals surface area contributed by atoms with E-state index in [0.29, 0.717) is 25.1 Å². The van der Waals surface area contributed by atoms with Gasteiger partial charge in [-0.2, -0.15) is 0 Å². The summed E-state index contributed by atoms with van der Waals surface area (Å²) in [6.07, 6.45) is 3.30. The molecule has 0 aliphatic heterocycles. The Kier molecular flexibility index (Phi) is 5.42. The predicted octanol–water partition coefficient (Wildman–Crippen LogP) is 2.05. The van der Waals surface area contributed by atoms with Crippen LogP contribution in [-0.2, 0) is 4.79 Å². The van der Waals surface area contributed by atoms with Crippen LogP contribution in [0.4, 0.5) is 0 Å². The van der Waals surface area contributed by atoms with Crippen molar-refractivity contribution in [3.63, 3.8) is 0 Å². The normalized spacial score (nSPS) is 10.6. The third-order valence-electron chi connectivity index (χ3n) is 2.67. The molecule has 0 aliphatic rings. The maximum absolute atomic E-state index is 11.9. The number of carboxylic acid groups (broad SMARTS) is 1. The highest BCUT2D eigenvalue weighted by molar-refractivity contribution is 5.92. The van der Waals surface area contributed by atoms with Gasteiger partial charge in [-0.25, -0.2) is 0 Å². The topological polar surface area (TPSA) is 71.3 Å². The van der Waals surface area contributed by atoms with Gasteiger partial charge in [0, 0.05) is 25.2 Å². The van der Waals surface area contributed by atoms with E-state index < -0.39 is 5.97 Å². The molecule has 0 atom stereocenters. The lowest BCUT2D eigenvalue weighted by Gasteiger charge is -2.12. The van der Waals surface area contributed by atoms with E-state index in [2.05, 4.69) is 5.32 Å². The molecule has 5 heteroatoms. The number of nitrogens with one attached hydrogen (secondary N) is 1. The fourth-order valence-electron chi connectivity index (χ4n) is 1.73. The number of nitrogens with zero attached hydrogens (tertiary/aromatic N) is 1. The minimum Gasteiger partial charge on any atom is -0.481 e. The molecule has 0 spiro atoms. The molecule has 1 aromatic rings. The van der Waals surface area contributed by atoms with Crippen LogP contribution in [0.25, 0.3) is 0 Å². The van der Waals surface area contributed by atoms with Crippen molar-refractivity contribution in [1.29, 1.82) is 0 Å². The molecule has 0 saturated carbocycles. The maximum atomic E-state index is 11.9. The number of hydrogen-bond acceptors (Lipinski definition) is 2. The SMILES string of the molecule is CC(C)n1cccc1C(=O)NCCCCC(=O)O. The quantitative estimate of drug-likeness (QED) is 0.730. The van der Waals surface area contributed by atoms with Gasteiger partial charge in [0.1, 0.15) is 5.69 Å². The van der Waals surface area contributed by atoms with Crippen LogP contribution >= 0.6 is 0 Å². The van der Waals surface area contributed by atoms with Gasteiger partial charge in [-0.1, -0.05) is 0 Å². The van der Waals surface area contributed by atoms with Gasteiger partial charge in [0.05, 0.1) is 0 Å². The highest BCUT2D eigenvalue weighted by Crippen LogP contribution is 2.10. The first-order chi connectivity index (χ1) is 8.52. The second kappa shape index (κ2) is 6.83. The maximum Gasteiger partial charge on any atom is 0.303 e. The van der Waals surface area contributed by atoms with Gasteiger partial charge in [0.15, 0.2) is 0 Å². The molecule has 1 rings (SSSR count). The van der Waals surface area contributed by atoms with E-state index in [9.17, 15) is 9.59 Å². The molecule has 0 radical (unpaired) electrons. The molecule has 1 amide bonds. The van der Waals surface area contributed by atoms with Gasteiger partial charge < -0.3 is 15.0 Å². The first-order valence-electron chi connectivity index (χ1n) is 6.19. The number of carboxylic acids is 1. The van der Waals surface area contributed by atoms with Crippen LogP contribution in [0.5, 0.6) is 0 Å². The number of carbonyl (C=O) groups excluding carboxylic acids is 1. The number of amides is 1. The molecule has 18 heavy (non-hydrogen) atoms. The molecule has 0 unspecified atom stereocenters. The number of carbonyl (C=O) groups is 2. The van der Waals surface area contributed by atoms with Gasteiger partial charge >= 0.3 is 5.97 Å². The van der Waals surface area contributed by atoms with E-state index in [0.717, 1.165) is 0 Å². The van der Waals surface area contributed by atoms with E-state index in [1.165, 1.54) is 0 Å². The smallest absolute Gasteiger partial charge is 0.303 e. The second-order valence-electron chi connectivity index (χ2n) is 4.50. The van der Waals surface area contributed by atoms with Crippen LogP contribution in [0, 0.1) is 0 Å². The Morgan fingerprint density at radius 1 is 1.39 bits per heavy atom. The molecular formula is C13H20N2O3. The van der Waals surface area contributed by atoms with E-state index in [1.807, 2.05) is 30.7 Å². The third-order valence-corrected chi connectivity index (χ3v) is 2.67. The number of rotatable bonds is 7. The lowest BCUT2D eigenvalue weighted by atomic mass is 10.2. The predicted molar refractivity (Wildman–Crippen MR) is 68.6 cm³/mol. The Labute approximate surface area is 107 Å². The zero-order valence-electron chi connectivity index (χ0n) is 10.8. The van der Waals surface area contributed by atoms with E-state index >= 15 is 0 Å². The molecule has 0 fully saturated rings. The Bertz CT molecular complexity index is 410. The summed E-state index contributed by atoms with van der Waals surface area (Å²) in [5, 5.41) is 11.3. The fourth-order valence-corrected chi connectivity index (χ4v) is 1.73. The number of aliphatic carboxylic acids is 1. The van der Waals surface area contributed by atoms with Crippen molar-refractivity contribution in [2.24, 2.45) is 0 Å². The summed E-state index contributed by atoms with van der Waals surface area (Å²) >= 11 is 0. The van der Waals surface area contributed by atoms with Gasteiger partial charge in [-0.15, -0.1) is 0 Å². The van der Waals surface area contributed by atoms with Crippen LogP contribution in [0.3, 0.4) is 0 Å². The molecule has 5 nitrogen and oxygen atoms in total. The summed E-state index contributed by atoms with van der Waals surface area (Å²) in [7, 11) is 0. The summed E-state index contributed by atoms with van der Waals surface area (Å²) in [5.41, 5.74) is 0.642. The van der Waals surface area contributed by atoms with E-state index in [-0.39, 0.29) is 18.4 Å². The third kappa shape index (κ3) is 4.24. The molecule has 0 aromatic carbocycles. The lowest BCUT2D eigenvalue weighted by Crippen LogP contribution is -2.27. The van der Waals surface area contributed by atoms with Crippen molar-refractivity contribution in [1.82, 2.24) is 9.88 Å². The Hall–Kier alpha value is -1.78. The average Bonchev–Trinajstić information content (AvgIpc) is 2.76. The van der Waals surface area contributed by atoms with Crippen molar-refractivity contribution in [3.05, 3.63) is 24.0 Å². The molecule has 0 aliphatic carbocycles. The minimum absolute atomic E-state index is 0.107. The fraction of sp³-hybridized carbons (Fsp3) is 0.538. The molecule has 1 aromatic heterocycles. The van der Waals surface area contributed by atoms with Crippen molar-refractivity contribution in [3.8, 4) is 0 Å². The van der Waals surface area contributed by atoms with Crippen molar-refractivity contribution in [2.75, 3.05) is 6.54 Å². The van der Waals surface area contributed by atoms with Gasteiger partial charge in [0.2, 0.25) is 0 Å². The molecule has 0 saturated heterocycles. The highest BCUT2D eigenvalue weighted by Gasteiger charge is 2.11. The highest BCUT2D eigenvalue weighted by atomic mass is 16.4. The first-order valence-corrected chi connectivity index (χ1v) is 6.19. The number of hydrogen-bond donors (Lipinski definition) is 2. The number of aromatic nitrogens is 1. The number of unbranched alkanes of at least 4 members (excludes halogenated alkanes) is 1. The zero-order valence-corrected chi connectivity index (χ0v) is 10.8. The van der Waals surface area contributed by atoms with Crippen molar-refractivity contribution in [2.45, 2.75) is 39.2 Å². The Balaban J connectivity index is 2.36. The summed E-state index contributed by atoms with van der Waals surface area (Å²) in [5.74, 6) is -0.904. The minimum atomic E-state index is -0.796. The van der Waals surface area contributed by atoms with Gasteiger partial charge in [0.25, 0.3) is 5.91 Å².